The first kappa shape index (κ1) is 23.4. The van der Waals surface area contributed by atoms with Gasteiger partial charge in [0, 0.05) is 32.7 Å². The lowest BCUT2D eigenvalue weighted by atomic mass is 9.70. The van der Waals surface area contributed by atoms with Gasteiger partial charge >= 0.3 is 0 Å². The van der Waals surface area contributed by atoms with Gasteiger partial charge < -0.3 is 30.1 Å². The summed E-state index contributed by atoms with van der Waals surface area (Å²) in [5.74, 6) is -2.01. The van der Waals surface area contributed by atoms with Crippen molar-refractivity contribution < 1.29 is 29.0 Å². The van der Waals surface area contributed by atoms with Crippen LogP contribution >= 0.6 is 0 Å². The number of aliphatic hydroxyl groups excluding tert-OH is 1. The number of aliphatic hydroxyl groups is 1. The molecule has 32 heavy (non-hydrogen) atoms. The normalized spacial score (nSPS) is 35.1. The monoisotopic (exact) mass is 452 g/mol. The zero-order chi connectivity index (χ0) is 22.9. The highest BCUT2D eigenvalue weighted by molar-refractivity contribution is 5.99. The van der Waals surface area contributed by atoms with Crippen molar-refractivity contribution >= 4 is 17.7 Å². The van der Waals surface area contributed by atoms with E-state index in [1.807, 2.05) is 6.92 Å². The second-order valence-corrected chi connectivity index (χ2v) is 9.37. The summed E-state index contributed by atoms with van der Waals surface area (Å²) >= 11 is 0. The Kier molecular flexibility index (Phi) is 7.04. The molecule has 2 bridgehead atoms. The van der Waals surface area contributed by atoms with Crippen molar-refractivity contribution in [3.8, 4) is 0 Å². The molecule has 3 amide bonds. The van der Waals surface area contributed by atoms with Gasteiger partial charge in [0.2, 0.25) is 17.7 Å². The third kappa shape index (κ3) is 3.91. The fraction of sp³-hybridized carbons (Fsp3) is 0.864. The van der Waals surface area contributed by atoms with Gasteiger partial charge in [-0.15, -0.1) is 0 Å². The summed E-state index contributed by atoms with van der Waals surface area (Å²) in [5, 5.41) is 15.7. The Morgan fingerprint density at radius 1 is 1.22 bits per heavy atom. The molecule has 4 rings (SSSR count). The van der Waals surface area contributed by atoms with Crippen LogP contribution in [0.25, 0.3) is 0 Å². The van der Waals surface area contributed by atoms with Gasteiger partial charge in [-0.05, 0) is 26.2 Å². The minimum Gasteiger partial charge on any atom is -0.394 e. The molecular formula is C22H36N4O6. The zero-order valence-electron chi connectivity index (χ0n) is 19.0. The molecular weight excluding hydrogens is 416 g/mol. The van der Waals surface area contributed by atoms with Gasteiger partial charge in [0.05, 0.1) is 43.8 Å². The van der Waals surface area contributed by atoms with E-state index in [4.69, 9.17) is 9.47 Å². The third-order valence-corrected chi connectivity index (χ3v) is 7.41. The lowest BCUT2D eigenvalue weighted by Gasteiger charge is -2.35. The molecule has 4 heterocycles. The number of morpholine rings is 1. The molecule has 0 saturated carbocycles. The molecule has 10 heteroatoms. The predicted molar refractivity (Wildman–Crippen MR) is 115 cm³/mol. The molecule has 4 aliphatic rings. The Labute approximate surface area is 189 Å². The Morgan fingerprint density at radius 2 is 1.94 bits per heavy atom. The van der Waals surface area contributed by atoms with Crippen LogP contribution in [-0.4, -0.2) is 109 Å². The van der Waals surface area contributed by atoms with Crippen molar-refractivity contribution in [2.24, 2.45) is 11.8 Å². The Balaban J connectivity index is 1.53. The molecule has 0 aromatic rings. The SMILES string of the molecule is CCCNC(=O)[C@@H]1[C@@H]2CCC3(O2)C(C(=O)NCCN2CCOCC2)N([C@H](C)CO)C(=O)[C@H]13. The molecule has 6 atom stereocenters. The van der Waals surface area contributed by atoms with Crippen LogP contribution in [0.3, 0.4) is 0 Å². The topological polar surface area (TPSA) is 120 Å². The summed E-state index contributed by atoms with van der Waals surface area (Å²) in [5.41, 5.74) is -1.01. The second kappa shape index (κ2) is 9.62. The van der Waals surface area contributed by atoms with E-state index in [-0.39, 0.29) is 30.4 Å². The number of rotatable bonds is 9. The number of ether oxygens (including phenoxy) is 2. The molecule has 4 saturated heterocycles. The molecule has 1 spiro atoms. The molecule has 4 aliphatic heterocycles. The lowest BCUT2D eigenvalue weighted by Crippen LogP contribution is -2.58. The van der Waals surface area contributed by atoms with Crippen LogP contribution in [0.1, 0.15) is 33.1 Å². The van der Waals surface area contributed by atoms with E-state index in [9.17, 15) is 19.5 Å². The number of fused-ring (bicyclic) bond motifs is 1. The minimum atomic E-state index is -1.01. The summed E-state index contributed by atoms with van der Waals surface area (Å²) < 4.78 is 11.7. The van der Waals surface area contributed by atoms with Gasteiger partial charge in [0.25, 0.3) is 0 Å². The second-order valence-electron chi connectivity index (χ2n) is 9.37. The number of nitrogens with zero attached hydrogens (tertiary/aromatic N) is 2. The van der Waals surface area contributed by atoms with Gasteiger partial charge in [0.15, 0.2) is 0 Å². The molecule has 0 aromatic carbocycles. The summed E-state index contributed by atoms with van der Waals surface area (Å²) in [6.45, 7) is 8.17. The number of nitrogens with one attached hydrogen (secondary N) is 2. The van der Waals surface area contributed by atoms with Crippen LogP contribution in [0.4, 0.5) is 0 Å². The Morgan fingerprint density at radius 3 is 2.62 bits per heavy atom. The van der Waals surface area contributed by atoms with Crippen LogP contribution in [0.5, 0.6) is 0 Å². The van der Waals surface area contributed by atoms with E-state index in [1.165, 1.54) is 4.90 Å². The molecule has 0 radical (unpaired) electrons. The first-order chi connectivity index (χ1) is 15.4. The summed E-state index contributed by atoms with van der Waals surface area (Å²) in [6, 6.07) is -1.39. The number of hydrogen-bond donors (Lipinski definition) is 3. The zero-order valence-corrected chi connectivity index (χ0v) is 19.0. The molecule has 4 fully saturated rings. The molecule has 0 aromatic heterocycles. The first-order valence-corrected chi connectivity index (χ1v) is 11.9. The fourth-order valence-electron chi connectivity index (χ4n) is 5.88. The van der Waals surface area contributed by atoms with Gasteiger partial charge in [-0.3, -0.25) is 19.3 Å². The summed E-state index contributed by atoms with van der Waals surface area (Å²) in [6.07, 6.45) is 1.65. The highest BCUT2D eigenvalue weighted by atomic mass is 16.5. The van der Waals surface area contributed by atoms with E-state index >= 15 is 0 Å². The summed E-state index contributed by atoms with van der Waals surface area (Å²) in [7, 11) is 0. The van der Waals surface area contributed by atoms with Crippen molar-refractivity contribution in [1.29, 1.82) is 0 Å². The van der Waals surface area contributed by atoms with E-state index in [0.717, 1.165) is 19.5 Å². The Hall–Kier alpha value is -1.75. The van der Waals surface area contributed by atoms with Gasteiger partial charge in [-0.25, -0.2) is 0 Å². The van der Waals surface area contributed by atoms with Crippen molar-refractivity contribution in [2.75, 3.05) is 52.5 Å². The van der Waals surface area contributed by atoms with Crippen LogP contribution in [0.2, 0.25) is 0 Å². The summed E-state index contributed by atoms with van der Waals surface area (Å²) in [4.78, 5) is 43.6. The van der Waals surface area contributed by atoms with E-state index < -0.39 is 29.5 Å². The van der Waals surface area contributed by atoms with Crippen molar-refractivity contribution in [3.63, 3.8) is 0 Å². The van der Waals surface area contributed by atoms with Gasteiger partial charge in [-0.2, -0.15) is 0 Å². The van der Waals surface area contributed by atoms with Crippen LogP contribution in [0, 0.1) is 11.8 Å². The highest BCUT2D eigenvalue weighted by Crippen LogP contribution is 2.58. The number of carbonyl (C=O) groups excluding carboxylic acids is 3. The van der Waals surface area contributed by atoms with E-state index in [0.29, 0.717) is 45.7 Å². The fourth-order valence-corrected chi connectivity index (χ4v) is 5.88. The van der Waals surface area contributed by atoms with E-state index in [2.05, 4.69) is 15.5 Å². The average molecular weight is 453 g/mol. The van der Waals surface area contributed by atoms with Crippen LogP contribution in [-0.2, 0) is 23.9 Å². The van der Waals surface area contributed by atoms with Crippen molar-refractivity contribution in [1.82, 2.24) is 20.4 Å². The maximum Gasteiger partial charge on any atom is 0.245 e. The Bertz CT molecular complexity index is 729. The maximum atomic E-state index is 13.5. The van der Waals surface area contributed by atoms with Gasteiger partial charge in [-0.1, -0.05) is 6.92 Å². The third-order valence-electron chi connectivity index (χ3n) is 7.41. The molecule has 10 nitrogen and oxygen atoms in total. The largest absolute Gasteiger partial charge is 0.394 e. The van der Waals surface area contributed by atoms with Gasteiger partial charge in [0.1, 0.15) is 11.6 Å². The van der Waals surface area contributed by atoms with Crippen LogP contribution < -0.4 is 10.6 Å². The molecule has 180 valence electrons. The van der Waals surface area contributed by atoms with Crippen molar-refractivity contribution in [2.45, 2.75) is 56.9 Å². The number of carbonyl (C=O) groups is 3. The quantitative estimate of drug-likeness (QED) is 0.398. The molecule has 2 unspecified atom stereocenters. The highest BCUT2D eigenvalue weighted by Gasteiger charge is 2.74. The predicted octanol–water partition coefficient (Wildman–Crippen LogP) is -1.28. The lowest BCUT2D eigenvalue weighted by molar-refractivity contribution is -0.145. The number of likely N-dealkylation sites (tertiary alicyclic amines) is 1. The maximum absolute atomic E-state index is 13.5. The first-order valence-electron chi connectivity index (χ1n) is 11.9. The smallest absolute Gasteiger partial charge is 0.245 e. The molecule has 3 N–H and O–H groups in total. The standard InChI is InChI=1S/C22H36N4O6/c1-3-6-23-19(28)16-15-4-5-22(32-15)17(16)21(30)26(14(2)13-27)18(22)20(29)24-7-8-25-9-11-31-12-10-25/h14-18,27H,3-13H2,1-2H3,(H,23,28)(H,24,29)/t14-,15+,16-,17+,18?,22?/m1/s1. The molecule has 0 aliphatic carbocycles. The number of hydrogen-bond acceptors (Lipinski definition) is 7. The minimum absolute atomic E-state index is 0.179. The van der Waals surface area contributed by atoms with E-state index in [1.54, 1.807) is 6.92 Å². The van der Waals surface area contributed by atoms with Crippen molar-refractivity contribution in [3.05, 3.63) is 0 Å². The average Bonchev–Trinajstić information content (AvgIpc) is 3.45. The van der Waals surface area contributed by atoms with Crippen LogP contribution in [0.15, 0.2) is 0 Å². The number of amides is 3.